The number of rotatable bonds is 10. The maximum absolute atomic E-state index is 13.2. The zero-order valence-corrected chi connectivity index (χ0v) is 19.2. The predicted molar refractivity (Wildman–Crippen MR) is 125 cm³/mol. The molecule has 0 saturated carbocycles. The van der Waals surface area contributed by atoms with Crippen molar-refractivity contribution < 1.29 is 19.1 Å². The number of anilines is 1. The molecule has 0 unspecified atom stereocenters. The van der Waals surface area contributed by atoms with Crippen LogP contribution in [0.1, 0.15) is 32.8 Å². The molecule has 7 nitrogen and oxygen atoms in total. The molecule has 0 radical (unpaired) electrons. The van der Waals surface area contributed by atoms with E-state index in [-0.39, 0.29) is 11.9 Å². The van der Waals surface area contributed by atoms with E-state index in [1.807, 2.05) is 81.4 Å². The zero-order valence-electron chi connectivity index (χ0n) is 19.2. The Morgan fingerprint density at radius 1 is 0.906 bits per heavy atom. The van der Waals surface area contributed by atoms with E-state index in [4.69, 9.17) is 4.74 Å². The molecule has 7 heteroatoms. The fourth-order valence-electron chi connectivity index (χ4n) is 3.44. The summed E-state index contributed by atoms with van der Waals surface area (Å²) in [6, 6.07) is 16.7. The Bertz CT molecular complexity index is 871. The average molecular weight is 440 g/mol. The molecule has 0 bridgehead atoms. The summed E-state index contributed by atoms with van der Waals surface area (Å²) in [4.78, 5) is 40.0. The van der Waals surface area contributed by atoms with Gasteiger partial charge in [-0.3, -0.25) is 9.69 Å². The van der Waals surface area contributed by atoms with Crippen LogP contribution in [0.2, 0.25) is 0 Å². The number of hydrogen-bond acceptors (Lipinski definition) is 4. The van der Waals surface area contributed by atoms with Crippen molar-refractivity contribution in [2.45, 2.75) is 45.7 Å². The van der Waals surface area contributed by atoms with Gasteiger partial charge in [0, 0.05) is 18.7 Å². The zero-order chi connectivity index (χ0) is 23.5. The van der Waals surface area contributed by atoms with Gasteiger partial charge in [0.15, 0.2) is 0 Å². The highest BCUT2D eigenvalue weighted by Gasteiger charge is 2.29. The number of carbonyl (C=O) groups excluding carboxylic acids is 3. The van der Waals surface area contributed by atoms with Crippen LogP contribution in [0.5, 0.6) is 0 Å². The number of benzene rings is 2. The van der Waals surface area contributed by atoms with Crippen molar-refractivity contribution in [2.24, 2.45) is 5.92 Å². The minimum absolute atomic E-state index is 0.176. The third kappa shape index (κ3) is 7.41. The van der Waals surface area contributed by atoms with Crippen molar-refractivity contribution in [3.05, 3.63) is 66.2 Å². The Balaban J connectivity index is 2.23. The SMILES string of the molecule is CCN(C(=O)N[C@@H](Cc1ccccc1)C(=O)N[C@H](CC(C)C)C(=O)OC)c1ccccc1. The third-order valence-corrected chi connectivity index (χ3v) is 5.04. The van der Waals surface area contributed by atoms with Gasteiger partial charge in [0.2, 0.25) is 5.91 Å². The van der Waals surface area contributed by atoms with Gasteiger partial charge in [-0.15, -0.1) is 0 Å². The molecule has 0 aliphatic heterocycles. The molecule has 172 valence electrons. The van der Waals surface area contributed by atoms with E-state index in [9.17, 15) is 14.4 Å². The van der Waals surface area contributed by atoms with Gasteiger partial charge >= 0.3 is 12.0 Å². The number of amides is 3. The van der Waals surface area contributed by atoms with Gasteiger partial charge in [-0.25, -0.2) is 9.59 Å². The van der Waals surface area contributed by atoms with E-state index >= 15 is 0 Å². The number of hydrogen-bond donors (Lipinski definition) is 2. The number of carbonyl (C=O) groups is 3. The molecule has 2 aromatic carbocycles. The molecule has 2 rings (SSSR count). The van der Waals surface area contributed by atoms with Crippen molar-refractivity contribution in [2.75, 3.05) is 18.6 Å². The normalized spacial score (nSPS) is 12.5. The number of methoxy groups -OCH3 is 1. The maximum atomic E-state index is 13.2. The Morgan fingerprint density at radius 3 is 2.03 bits per heavy atom. The lowest BCUT2D eigenvalue weighted by Crippen LogP contribution is -2.55. The lowest BCUT2D eigenvalue weighted by molar-refractivity contribution is -0.145. The first-order valence-corrected chi connectivity index (χ1v) is 10.9. The van der Waals surface area contributed by atoms with Crippen LogP contribution in [-0.4, -0.2) is 43.6 Å². The maximum Gasteiger partial charge on any atom is 0.328 e. The highest BCUT2D eigenvalue weighted by Crippen LogP contribution is 2.14. The largest absolute Gasteiger partial charge is 0.467 e. The van der Waals surface area contributed by atoms with Gasteiger partial charge in [0.05, 0.1) is 7.11 Å². The van der Waals surface area contributed by atoms with Crippen LogP contribution in [0, 0.1) is 5.92 Å². The molecule has 2 atom stereocenters. The van der Waals surface area contributed by atoms with E-state index in [1.54, 1.807) is 4.90 Å². The first kappa shape index (κ1) is 24.9. The second-order valence-corrected chi connectivity index (χ2v) is 7.99. The minimum atomic E-state index is -0.859. The molecular weight excluding hydrogens is 406 g/mol. The van der Waals surface area contributed by atoms with Crippen LogP contribution in [0.3, 0.4) is 0 Å². The standard InChI is InChI=1S/C25H33N3O4/c1-5-28(20-14-10-7-11-15-20)25(31)27-21(17-19-12-8-6-9-13-19)23(29)26-22(16-18(2)3)24(30)32-4/h6-15,18,21-22H,5,16-17H2,1-4H3,(H,26,29)(H,27,31)/t21-,22+/m0/s1. The lowest BCUT2D eigenvalue weighted by Gasteiger charge is -2.27. The Hall–Kier alpha value is -3.35. The van der Waals surface area contributed by atoms with Gasteiger partial charge in [0.1, 0.15) is 12.1 Å². The molecule has 0 spiro atoms. The van der Waals surface area contributed by atoms with Crippen LogP contribution in [0.25, 0.3) is 0 Å². The van der Waals surface area contributed by atoms with Crippen molar-refractivity contribution in [1.29, 1.82) is 0 Å². The van der Waals surface area contributed by atoms with Crippen LogP contribution in [0.15, 0.2) is 60.7 Å². The summed E-state index contributed by atoms with van der Waals surface area (Å²) in [6.45, 7) is 6.23. The number of urea groups is 1. The first-order valence-electron chi connectivity index (χ1n) is 10.9. The van der Waals surface area contributed by atoms with Crippen LogP contribution in [0.4, 0.5) is 10.5 Å². The van der Waals surface area contributed by atoms with Crippen LogP contribution in [-0.2, 0) is 20.7 Å². The van der Waals surface area contributed by atoms with Crippen molar-refractivity contribution >= 4 is 23.6 Å². The molecule has 0 aromatic heterocycles. The summed E-state index contributed by atoms with van der Waals surface area (Å²) >= 11 is 0. The predicted octanol–water partition coefficient (Wildman–Crippen LogP) is 3.54. The van der Waals surface area contributed by atoms with E-state index < -0.39 is 24.0 Å². The topological polar surface area (TPSA) is 87.7 Å². The molecule has 32 heavy (non-hydrogen) atoms. The molecule has 0 saturated heterocycles. The minimum Gasteiger partial charge on any atom is -0.467 e. The second kappa shape index (κ2) is 12.5. The Kier molecular flexibility index (Phi) is 9.73. The van der Waals surface area contributed by atoms with Crippen molar-refractivity contribution in [1.82, 2.24) is 10.6 Å². The van der Waals surface area contributed by atoms with Gasteiger partial charge in [-0.05, 0) is 37.0 Å². The highest BCUT2D eigenvalue weighted by atomic mass is 16.5. The number of nitrogens with one attached hydrogen (secondary N) is 2. The fourth-order valence-corrected chi connectivity index (χ4v) is 3.44. The molecule has 0 fully saturated rings. The van der Waals surface area contributed by atoms with Gasteiger partial charge < -0.3 is 15.4 Å². The first-order chi connectivity index (χ1) is 15.3. The third-order valence-electron chi connectivity index (χ3n) is 5.04. The van der Waals surface area contributed by atoms with Gasteiger partial charge in [-0.2, -0.15) is 0 Å². The quantitative estimate of drug-likeness (QED) is 0.555. The number of nitrogens with zero attached hydrogens (tertiary/aromatic N) is 1. The highest BCUT2D eigenvalue weighted by molar-refractivity contribution is 5.96. The second-order valence-electron chi connectivity index (χ2n) is 7.99. The Morgan fingerprint density at radius 2 is 1.50 bits per heavy atom. The van der Waals surface area contributed by atoms with Crippen molar-refractivity contribution in [3.8, 4) is 0 Å². The molecule has 2 N–H and O–H groups in total. The summed E-state index contributed by atoms with van der Waals surface area (Å²) in [5, 5.41) is 5.63. The summed E-state index contributed by atoms with van der Waals surface area (Å²) in [6.07, 6.45) is 0.732. The van der Waals surface area contributed by atoms with Gasteiger partial charge in [-0.1, -0.05) is 62.4 Å². The molecule has 3 amide bonds. The summed E-state index contributed by atoms with van der Waals surface area (Å²) in [5.74, 6) is -0.756. The van der Waals surface area contributed by atoms with Gasteiger partial charge in [0.25, 0.3) is 0 Å². The molecule has 2 aromatic rings. The van der Waals surface area contributed by atoms with E-state index in [0.717, 1.165) is 11.3 Å². The van der Waals surface area contributed by atoms with Crippen molar-refractivity contribution in [3.63, 3.8) is 0 Å². The van der Waals surface area contributed by atoms with E-state index in [2.05, 4.69) is 10.6 Å². The Labute approximate surface area is 190 Å². The summed E-state index contributed by atoms with van der Waals surface area (Å²) in [5.41, 5.74) is 1.63. The summed E-state index contributed by atoms with van der Waals surface area (Å²) in [7, 11) is 1.30. The molecule has 0 aliphatic rings. The lowest BCUT2D eigenvalue weighted by atomic mass is 10.0. The smallest absolute Gasteiger partial charge is 0.328 e. The van der Waals surface area contributed by atoms with Crippen LogP contribution < -0.4 is 15.5 Å². The molecular formula is C25H33N3O4. The number of para-hydroxylation sites is 1. The molecule has 0 heterocycles. The number of ether oxygens (including phenoxy) is 1. The monoisotopic (exact) mass is 439 g/mol. The van der Waals surface area contributed by atoms with E-state index in [1.165, 1.54) is 7.11 Å². The van der Waals surface area contributed by atoms with E-state index in [0.29, 0.717) is 19.4 Å². The fraction of sp³-hybridized carbons (Fsp3) is 0.400. The summed E-state index contributed by atoms with van der Waals surface area (Å²) < 4.78 is 4.86. The number of esters is 1. The molecule has 0 aliphatic carbocycles. The van der Waals surface area contributed by atoms with Crippen LogP contribution >= 0.6 is 0 Å². The average Bonchev–Trinajstić information content (AvgIpc) is 2.79.